The number of nitriles is 1. The number of esters is 1. The van der Waals surface area contributed by atoms with Gasteiger partial charge in [0, 0.05) is 34.2 Å². The third kappa shape index (κ3) is 2.62. The maximum atomic E-state index is 11.7. The van der Waals surface area contributed by atoms with Crippen molar-refractivity contribution in [3.63, 3.8) is 0 Å². The number of ether oxygens (including phenoxy) is 1. The molecular weight excluding hydrogens is 354 g/mol. The van der Waals surface area contributed by atoms with E-state index in [1.165, 1.54) is 30.3 Å². The van der Waals surface area contributed by atoms with Gasteiger partial charge in [0.2, 0.25) is 0 Å². The zero-order chi connectivity index (χ0) is 17.6. The van der Waals surface area contributed by atoms with Crippen LogP contribution in [0.3, 0.4) is 0 Å². The second-order valence-electron chi connectivity index (χ2n) is 5.96. The highest BCUT2D eigenvalue weighted by Gasteiger charge is 2.22. The van der Waals surface area contributed by atoms with Gasteiger partial charge >= 0.3 is 5.97 Å². The van der Waals surface area contributed by atoms with Gasteiger partial charge in [-0.05, 0) is 25.1 Å². The van der Waals surface area contributed by atoms with Crippen LogP contribution in [0.2, 0.25) is 0 Å². The number of rotatable bonds is 2. The second kappa shape index (κ2) is 6.21. The second-order valence-corrected chi connectivity index (χ2v) is 8.03. The van der Waals surface area contributed by atoms with E-state index in [0.717, 1.165) is 28.0 Å². The highest BCUT2D eigenvalue weighted by molar-refractivity contribution is 7.98. The van der Waals surface area contributed by atoms with E-state index in [2.05, 4.69) is 34.7 Å². The maximum absolute atomic E-state index is 11.7. The van der Waals surface area contributed by atoms with Crippen LogP contribution < -0.4 is 0 Å². The summed E-state index contributed by atoms with van der Waals surface area (Å²) in [4.78, 5) is 16.4. The third-order valence-electron chi connectivity index (χ3n) is 4.32. The number of benzene rings is 1. The highest BCUT2D eigenvalue weighted by Crippen LogP contribution is 2.37. The Morgan fingerprint density at radius 1 is 1.44 bits per heavy atom. The fraction of sp³-hybridized carbons (Fsp3) is 0.278. The van der Waals surface area contributed by atoms with Crippen LogP contribution in [0, 0.1) is 11.3 Å². The summed E-state index contributed by atoms with van der Waals surface area (Å²) in [5, 5.41) is 11.4. The molecule has 4 rings (SSSR count). The topological polar surface area (TPSA) is 67.9 Å². The molecule has 1 aromatic carbocycles. The number of carbonyl (C=O) groups is 1. The molecule has 3 heterocycles. The molecule has 25 heavy (non-hydrogen) atoms. The van der Waals surface area contributed by atoms with Crippen LogP contribution in [0.4, 0.5) is 0 Å². The van der Waals surface area contributed by atoms with E-state index < -0.39 is 5.97 Å². The number of hydrogen-bond donors (Lipinski definition) is 0. The van der Waals surface area contributed by atoms with Gasteiger partial charge in [0.05, 0.1) is 24.4 Å². The van der Waals surface area contributed by atoms with Crippen LogP contribution in [0.5, 0.6) is 0 Å². The van der Waals surface area contributed by atoms with Crippen molar-refractivity contribution < 1.29 is 9.53 Å². The molecule has 1 atom stereocenters. The summed E-state index contributed by atoms with van der Waals surface area (Å²) in [6.45, 7) is 2.19. The monoisotopic (exact) mass is 369 g/mol. The predicted octanol–water partition coefficient (Wildman–Crippen LogP) is 4.23. The average molecular weight is 369 g/mol. The molecule has 0 radical (unpaired) electrons. The van der Waals surface area contributed by atoms with Crippen molar-refractivity contribution in [1.82, 2.24) is 9.55 Å². The van der Waals surface area contributed by atoms with E-state index in [4.69, 9.17) is 4.74 Å². The third-order valence-corrected chi connectivity index (χ3v) is 6.57. The number of carbonyl (C=O) groups excluding carboxylic acids is 1. The lowest BCUT2D eigenvalue weighted by atomic mass is 10.1. The lowest BCUT2D eigenvalue weighted by Gasteiger charge is -2.23. The van der Waals surface area contributed by atoms with E-state index in [9.17, 15) is 10.1 Å². The molecule has 126 valence electrons. The van der Waals surface area contributed by atoms with Crippen molar-refractivity contribution in [2.24, 2.45) is 0 Å². The lowest BCUT2D eigenvalue weighted by Crippen LogP contribution is -2.15. The Hall–Kier alpha value is -2.30. The molecule has 0 N–H and O–H groups in total. The van der Waals surface area contributed by atoms with Gasteiger partial charge in [-0.1, -0.05) is 0 Å². The van der Waals surface area contributed by atoms with E-state index in [-0.39, 0.29) is 0 Å². The lowest BCUT2D eigenvalue weighted by molar-refractivity contribution is 0.0606. The fourth-order valence-corrected chi connectivity index (χ4v) is 5.12. The van der Waals surface area contributed by atoms with Crippen molar-refractivity contribution in [3.8, 4) is 16.6 Å². The van der Waals surface area contributed by atoms with Gasteiger partial charge < -0.3 is 9.30 Å². The summed E-state index contributed by atoms with van der Waals surface area (Å²) < 4.78 is 7.03. The van der Waals surface area contributed by atoms with Crippen molar-refractivity contribution >= 4 is 40.0 Å². The zero-order valence-electron chi connectivity index (χ0n) is 13.8. The van der Waals surface area contributed by atoms with Gasteiger partial charge in [0.25, 0.3) is 0 Å². The first kappa shape index (κ1) is 16.2. The summed E-state index contributed by atoms with van der Waals surface area (Å²) in [6, 6.07) is 8.79. The molecule has 1 aliphatic rings. The van der Waals surface area contributed by atoms with E-state index >= 15 is 0 Å². The number of nitrogens with zero attached hydrogens (tertiary/aromatic N) is 3. The zero-order valence-corrected chi connectivity index (χ0v) is 15.4. The molecular formula is C18H15N3O2S2. The van der Waals surface area contributed by atoms with Crippen LogP contribution in [0.25, 0.3) is 21.5 Å². The van der Waals surface area contributed by atoms with Gasteiger partial charge in [-0.2, -0.15) is 17.0 Å². The summed E-state index contributed by atoms with van der Waals surface area (Å²) >= 11 is 3.19. The van der Waals surface area contributed by atoms with E-state index in [1.54, 1.807) is 0 Å². The van der Waals surface area contributed by atoms with Crippen LogP contribution in [-0.2, 0) is 10.5 Å². The first-order valence-electron chi connectivity index (χ1n) is 7.82. The largest absolute Gasteiger partial charge is 0.465 e. The first-order chi connectivity index (χ1) is 12.1. The predicted molar refractivity (Wildman–Crippen MR) is 100.0 cm³/mol. The number of thiazole rings is 1. The minimum Gasteiger partial charge on any atom is -0.465 e. The molecule has 0 bridgehead atoms. The average Bonchev–Trinajstić information content (AvgIpc) is 3.25. The normalized spacial score (nSPS) is 16.4. The Morgan fingerprint density at radius 3 is 3.04 bits per heavy atom. The van der Waals surface area contributed by atoms with Gasteiger partial charge in [0.15, 0.2) is 0 Å². The van der Waals surface area contributed by atoms with Crippen LogP contribution in [0.15, 0.2) is 24.4 Å². The summed E-state index contributed by atoms with van der Waals surface area (Å²) in [7, 11) is 1.35. The SMILES string of the molecule is COC(=O)c1cnc(-c2cc(C#N)c3c(c2)cc2n3C(C)CSC2)s1. The van der Waals surface area contributed by atoms with Crippen molar-refractivity contribution in [2.75, 3.05) is 12.9 Å². The molecule has 1 aliphatic heterocycles. The first-order valence-corrected chi connectivity index (χ1v) is 9.79. The minimum atomic E-state index is -0.393. The van der Waals surface area contributed by atoms with Gasteiger partial charge in [-0.25, -0.2) is 9.78 Å². The smallest absolute Gasteiger partial charge is 0.349 e. The molecule has 0 fully saturated rings. The van der Waals surface area contributed by atoms with E-state index in [1.807, 2.05) is 17.8 Å². The maximum Gasteiger partial charge on any atom is 0.349 e. The number of aromatic nitrogens is 2. The molecule has 5 nitrogen and oxygen atoms in total. The molecule has 7 heteroatoms. The highest BCUT2D eigenvalue weighted by atomic mass is 32.2. The Balaban J connectivity index is 1.89. The fourth-order valence-electron chi connectivity index (χ4n) is 3.26. The molecule has 2 aromatic heterocycles. The Kier molecular flexibility index (Phi) is 4.02. The summed E-state index contributed by atoms with van der Waals surface area (Å²) in [5.74, 6) is 1.62. The van der Waals surface area contributed by atoms with Gasteiger partial charge in [-0.15, -0.1) is 11.3 Å². The van der Waals surface area contributed by atoms with E-state index in [0.29, 0.717) is 21.5 Å². The molecule has 0 saturated carbocycles. The molecule has 0 amide bonds. The molecule has 0 saturated heterocycles. The van der Waals surface area contributed by atoms with Gasteiger partial charge in [-0.3, -0.25) is 0 Å². The van der Waals surface area contributed by atoms with Crippen molar-refractivity contribution in [1.29, 1.82) is 5.26 Å². The molecule has 0 spiro atoms. The van der Waals surface area contributed by atoms with Gasteiger partial charge in [0.1, 0.15) is 16.0 Å². The molecule has 1 unspecified atom stereocenters. The Morgan fingerprint density at radius 2 is 2.28 bits per heavy atom. The number of fused-ring (bicyclic) bond motifs is 3. The summed E-state index contributed by atoms with van der Waals surface area (Å²) in [6.07, 6.45) is 1.52. The Labute approximate surface area is 153 Å². The molecule has 0 aliphatic carbocycles. The number of thioether (sulfide) groups is 1. The van der Waals surface area contributed by atoms with Crippen LogP contribution in [-0.4, -0.2) is 28.4 Å². The minimum absolute atomic E-state index is 0.370. The summed E-state index contributed by atoms with van der Waals surface area (Å²) in [5.41, 5.74) is 3.75. The number of methoxy groups -OCH3 is 1. The number of hydrogen-bond acceptors (Lipinski definition) is 6. The van der Waals surface area contributed by atoms with Crippen molar-refractivity contribution in [3.05, 3.63) is 40.5 Å². The molecule has 3 aromatic rings. The quantitative estimate of drug-likeness (QED) is 0.632. The van der Waals surface area contributed by atoms with Crippen LogP contribution >= 0.6 is 23.1 Å². The van der Waals surface area contributed by atoms with Crippen LogP contribution in [0.1, 0.15) is 33.9 Å². The van der Waals surface area contributed by atoms with Crippen molar-refractivity contribution in [2.45, 2.75) is 18.7 Å². The standard InChI is InChI=1S/C18H15N3O2S2/c1-10-8-24-9-14-5-11-3-12(4-13(6-19)16(11)21(10)14)17-20-7-15(25-17)18(22)23-2/h3-5,7,10H,8-9H2,1-2H3. The Bertz CT molecular complexity index is 1030.